The molecule has 2 atom stereocenters. The quantitative estimate of drug-likeness (QED) is 0.673. The summed E-state index contributed by atoms with van der Waals surface area (Å²) >= 11 is 0. The summed E-state index contributed by atoms with van der Waals surface area (Å²) in [6.07, 6.45) is -0.943. The maximum Gasteiger partial charge on any atom is 0.414 e. The molecular formula is C8H11NO5. The fraction of sp³-hybridized carbons (Fsp3) is 0.625. The number of rotatable bonds is 2. The van der Waals surface area contributed by atoms with Crippen molar-refractivity contribution in [1.29, 1.82) is 0 Å². The molecule has 0 saturated carbocycles. The standard InChI is InChI=1S/C8H11NO5/c1-2-4-3-5(7(11)12)9(6(4)10)8(13)14/h4-5H,2-3H2,1H3,(H,11,12)(H,13,14). The van der Waals surface area contributed by atoms with Gasteiger partial charge in [0.2, 0.25) is 5.91 Å². The van der Waals surface area contributed by atoms with Crippen LogP contribution in [-0.2, 0) is 9.59 Å². The zero-order valence-corrected chi connectivity index (χ0v) is 7.64. The van der Waals surface area contributed by atoms with E-state index in [4.69, 9.17) is 10.2 Å². The summed E-state index contributed by atoms with van der Waals surface area (Å²) in [7, 11) is 0. The maximum absolute atomic E-state index is 11.4. The Morgan fingerprint density at radius 3 is 2.36 bits per heavy atom. The van der Waals surface area contributed by atoms with Crippen LogP contribution in [0, 0.1) is 5.92 Å². The molecule has 78 valence electrons. The van der Waals surface area contributed by atoms with Gasteiger partial charge >= 0.3 is 12.1 Å². The second-order valence-corrected chi connectivity index (χ2v) is 3.19. The van der Waals surface area contributed by atoms with E-state index in [1.165, 1.54) is 0 Å². The Labute approximate surface area is 80.1 Å². The number of hydrogen-bond acceptors (Lipinski definition) is 3. The molecule has 1 rings (SSSR count). The van der Waals surface area contributed by atoms with Crippen molar-refractivity contribution in [2.75, 3.05) is 0 Å². The summed E-state index contributed by atoms with van der Waals surface area (Å²) in [6, 6.07) is -1.22. The van der Waals surface area contributed by atoms with Gasteiger partial charge in [0.1, 0.15) is 6.04 Å². The third kappa shape index (κ3) is 1.55. The van der Waals surface area contributed by atoms with Crippen LogP contribution in [0.4, 0.5) is 4.79 Å². The smallest absolute Gasteiger partial charge is 0.414 e. The predicted octanol–water partition coefficient (Wildman–Crippen LogP) is 0.376. The van der Waals surface area contributed by atoms with Gasteiger partial charge in [-0.25, -0.2) is 14.5 Å². The molecule has 0 aliphatic carbocycles. The lowest BCUT2D eigenvalue weighted by Crippen LogP contribution is -2.42. The van der Waals surface area contributed by atoms with Crippen LogP contribution in [-0.4, -0.2) is 39.1 Å². The maximum atomic E-state index is 11.4. The molecule has 1 fully saturated rings. The second-order valence-electron chi connectivity index (χ2n) is 3.19. The molecule has 1 aliphatic heterocycles. The molecule has 0 aromatic rings. The molecule has 0 spiro atoms. The molecule has 6 nitrogen and oxygen atoms in total. The first-order valence-electron chi connectivity index (χ1n) is 4.27. The van der Waals surface area contributed by atoms with E-state index in [9.17, 15) is 14.4 Å². The van der Waals surface area contributed by atoms with Crippen molar-refractivity contribution in [3.05, 3.63) is 0 Å². The molecule has 6 heteroatoms. The van der Waals surface area contributed by atoms with Gasteiger partial charge < -0.3 is 10.2 Å². The highest BCUT2D eigenvalue weighted by Gasteiger charge is 2.45. The third-order valence-electron chi connectivity index (χ3n) is 2.39. The van der Waals surface area contributed by atoms with Gasteiger partial charge in [-0.2, -0.15) is 0 Å². The van der Waals surface area contributed by atoms with Gasteiger partial charge in [0.05, 0.1) is 0 Å². The summed E-state index contributed by atoms with van der Waals surface area (Å²) in [4.78, 5) is 33.1. The lowest BCUT2D eigenvalue weighted by atomic mass is 10.0. The van der Waals surface area contributed by atoms with E-state index in [0.29, 0.717) is 11.3 Å². The normalized spacial score (nSPS) is 26.6. The van der Waals surface area contributed by atoms with Crippen LogP contribution >= 0.6 is 0 Å². The van der Waals surface area contributed by atoms with Crippen LogP contribution in [0.5, 0.6) is 0 Å². The molecule has 1 saturated heterocycles. The zero-order chi connectivity index (χ0) is 10.9. The van der Waals surface area contributed by atoms with Gasteiger partial charge in [0.25, 0.3) is 0 Å². The summed E-state index contributed by atoms with van der Waals surface area (Å²) in [5.41, 5.74) is 0. The molecular weight excluding hydrogens is 190 g/mol. The van der Waals surface area contributed by atoms with Crippen LogP contribution in [0.2, 0.25) is 0 Å². The van der Waals surface area contributed by atoms with E-state index >= 15 is 0 Å². The SMILES string of the molecule is CCC1CC(C(=O)O)N(C(=O)O)C1=O. The van der Waals surface area contributed by atoms with Crippen LogP contribution in [0.1, 0.15) is 19.8 Å². The summed E-state index contributed by atoms with van der Waals surface area (Å²) in [5.74, 6) is -2.35. The molecule has 0 bridgehead atoms. The highest BCUT2D eigenvalue weighted by Crippen LogP contribution is 2.27. The Bertz CT molecular complexity index is 287. The molecule has 0 radical (unpaired) electrons. The first kappa shape index (κ1) is 10.5. The minimum atomic E-state index is -1.49. The van der Waals surface area contributed by atoms with E-state index in [1.807, 2.05) is 0 Å². The van der Waals surface area contributed by atoms with Gasteiger partial charge in [0.15, 0.2) is 0 Å². The number of nitrogens with zero attached hydrogens (tertiary/aromatic N) is 1. The number of imide groups is 1. The van der Waals surface area contributed by atoms with Gasteiger partial charge in [0, 0.05) is 5.92 Å². The van der Waals surface area contributed by atoms with Crippen molar-refractivity contribution in [2.45, 2.75) is 25.8 Å². The largest absolute Gasteiger partial charge is 0.480 e. The molecule has 14 heavy (non-hydrogen) atoms. The van der Waals surface area contributed by atoms with Gasteiger partial charge in [-0.3, -0.25) is 4.79 Å². The first-order chi connectivity index (χ1) is 6.49. The van der Waals surface area contributed by atoms with Gasteiger partial charge in [-0.15, -0.1) is 0 Å². The van der Waals surface area contributed by atoms with Crippen LogP contribution in [0.25, 0.3) is 0 Å². The molecule has 2 amide bonds. The number of carbonyl (C=O) groups excluding carboxylic acids is 1. The molecule has 0 aromatic heterocycles. The molecule has 1 aliphatic rings. The molecule has 0 aromatic carbocycles. The van der Waals surface area contributed by atoms with E-state index in [2.05, 4.69) is 0 Å². The number of likely N-dealkylation sites (tertiary alicyclic amines) is 1. The summed E-state index contributed by atoms with van der Waals surface area (Å²) < 4.78 is 0. The minimum absolute atomic E-state index is 0.0803. The average Bonchev–Trinajstić information content (AvgIpc) is 2.42. The Balaban J connectivity index is 2.93. The van der Waals surface area contributed by atoms with Crippen molar-refractivity contribution in [1.82, 2.24) is 4.90 Å². The number of aliphatic carboxylic acids is 1. The summed E-state index contributed by atoms with van der Waals surface area (Å²) in [6.45, 7) is 1.73. The fourth-order valence-corrected chi connectivity index (χ4v) is 1.61. The topological polar surface area (TPSA) is 94.9 Å². The molecule has 2 unspecified atom stereocenters. The predicted molar refractivity (Wildman–Crippen MR) is 44.7 cm³/mol. The Morgan fingerprint density at radius 2 is 2.07 bits per heavy atom. The van der Waals surface area contributed by atoms with Crippen LogP contribution in [0.3, 0.4) is 0 Å². The minimum Gasteiger partial charge on any atom is -0.480 e. The number of hydrogen-bond donors (Lipinski definition) is 2. The van der Waals surface area contributed by atoms with E-state index < -0.39 is 29.9 Å². The highest BCUT2D eigenvalue weighted by molar-refractivity contribution is 5.99. The Hall–Kier alpha value is -1.59. The summed E-state index contributed by atoms with van der Waals surface area (Å²) in [5, 5.41) is 17.4. The van der Waals surface area contributed by atoms with Crippen molar-refractivity contribution < 1.29 is 24.6 Å². The highest BCUT2D eigenvalue weighted by atomic mass is 16.4. The van der Waals surface area contributed by atoms with Crippen LogP contribution < -0.4 is 0 Å². The third-order valence-corrected chi connectivity index (χ3v) is 2.39. The number of carboxylic acid groups (broad SMARTS) is 2. The Morgan fingerprint density at radius 1 is 1.50 bits per heavy atom. The second kappa shape index (κ2) is 3.65. The van der Waals surface area contributed by atoms with E-state index in [1.54, 1.807) is 6.92 Å². The van der Waals surface area contributed by atoms with Crippen molar-refractivity contribution in [3.8, 4) is 0 Å². The Kier molecular flexibility index (Phi) is 2.73. The van der Waals surface area contributed by atoms with E-state index in [0.717, 1.165) is 0 Å². The number of amides is 2. The monoisotopic (exact) mass is 201 g/mol. The van der Waals surface area contributed by atoms with Gasteiger partial charge in [-0.05, 0) is 12.8 Å². The average molecular weight is 201 g/mol. The van der Waals surface area contributed by atoms with Crippen LogP contribution in [0.15, 0.2) is 0 Å². The lowest BCUT2D eigenvalue weighted by molar-refractivity contribution is -0.145. The number of carbonyl (C=O) groups is 3. The molecule has 1 heterocycles. The molecule has 2 N–H and O–H groups in total. The van der Waals surface area contributed by atoms with Crippen molar-refractivity contribution in [2.24, 2.45) is 5.92 Å². The fourth-order valence-electron chi connectivity index (χ4n) is 1.61. The first-order valence-corrected chi connectivity index (χ1v) is 4.27. The van der Waals surface area contributed by atoms with Crippen molar-refractivity contribution in [3.63, 3.8) is 0 Å². The van der Waals surface area contributed by atoms with Gasteiger partial charge in [-0.1, -0.05) is 6.92 Å². The van der Waals surface area contributed by atoms with Crippen molar-refractivity contribution >= 4 is 18.0 Å². The lowest BCUT2D eigenvalue weighted by Gasteiger charge is -2.14. The zero-order valence-electron chi connectivity index (χ0n) is 7.64. The van der Waals surface area contributed by atoms with E-state index in [-0.39, 0.29) is 6.42 Å². The number of carboxylic acids is 1.